The number of aromatic amines is 2. The van der Waals surface area contributed by atoms with Crippen LogP contribution in [0.1, 0.15) is 0 Å². The summed E-state index contributed by atoms with van der Waals surface area (Å²) in [6.45, 7) is -1.91. The first-order chi connectivity index (χ1) is 11.7. The molecule has 0 unspecified atom stereocenters. The van der Waals surface area contributed by atoms with Crippen molar-refractivity contribution in [2.75, 3.05) is 26.3 Å². The van der Waals surface area contributed by atoms with Gasteiger partial charge in [0.2, 0.25) is 10.0 Å². The number of hydrogen-bond acceptors (Lipinski definition) is 8. The fourth-order valence-corrected chi connectivity index (χ4v) is 3.78. The van der Waals surface area contributed by atoms with Crippen molar-refractivity contribution in [2.45, 2.75) is 4.90 Å². The summed E-state index contributed by atoms with van der Waals surface area (Å²) in [7, 11) is -4.46. The number of rotatable bonds is 7. The number of sulfonamides is 1. The number of H-pyrrole nitrogens is 2. The Hall–Kier alpha value is -2.61. The van der Waals surface area contributed by atoms with E-state index < -0.39 is 49.9 Å². The highest BCUT2D eigenvalue weighted by atomic mass is 32.2. The van der Waals surface area contributed by atoms with Gasteiger partial charge in [-0.15, -0.1) is 0 Å². The highest BCUT2D eigenvalue weighted by Gasteiger charge is 2.32. The quantitative estimate of drug-likeness (QED) is 0.246. The third kappa shape index (κ3) is 3.58. The second kappa shape index (κ2) is 7.10. The van der Waals surface area contributed by atoms with Gasteiger partial charge in [0.1, 0.15) is 0 Å². The highest BCUT2D eigenvalue weighted by molar-refractivity contribution is 7.89. The summed E-state index contributed by atoms with van der Waals surface area (Å²) in [6, 6.07) is 1.66. The smallest absolute Gasteiger partial charge is 0.314 e. The van der Waals surface area contributed by atoms with Gasteiger partial charge in [-0.2, -0.15) is 4.31 Å². The normalized spacial score (nSPS) is 12.0. The molecule has 4 N–H and O–H groups in total. The third-order valence-electron chi connectivity index (χ3n) is 3.32. The Morgan fingerprint density at radius 2 is 1.52 bits per heavy atom. The minimum absolute atomic E-state index is 0.119. The zero-order valence-electron chi connectivity index (χ0n) is 12.6. The van der Waals surface area contributed by atoms with E-state index >= 15 is 0 Å². The van der Waals surface area contributed by atoms with Gasteiger partial charge in [0.15, 0.2) is 4.90 Å². The number of aromatic nitrogens is 2. The maximum absolute atomic E-state index is 12.7. The Labute approximate surface area is 139 Å². The van der Waals surface area contributed by atoms with Crippen LogP contribution >= 0.6 is 0 Å². The van der Waals surface area contributed by atoms with Crippen molar-refractivity contribution in [2.24, 2.45) is 0 Å². The average Bonchev–Trinajstić information content (AvgIpc) is 2.54. The number of nitrogens with one attached hydrogen (secondary N) is 2. The standard InChI is InChI=1S/C12H14N4O8S/c17-3-1-15(2-4-18)25(23,24)10-6-8-7(5-9(10)16(21)22)13-11(19)12(20)14-8/h5-6,17-18H,1-4H2,(H,13,19)(H,14,20). The van der Waals surface area contributed by atoms with Gasteiger partial charge in [-0.3, -0.25) is 19.7 Å². The number of benzene rings is 1. The zero-order valence-corrected chi connectivity index (χ0v) is 13.4. The molecule has 1 aromatic heterocycles. The van der Waals surface area contributed by atoms with Crippen LogP contribution in [0.25, 0.3) is 11.0 Å². The lowest BCUT2D eigenvalue weighted by molar-refractivity contribution is -0.387. The lowest BCUT2D eigenvalue weighted by Gasteiger charge is -2.20. The minimum atomic E-state index is -4.46. The second-order valence-corrected chi connectivity index (χ2v) is 6.79. The summed E-state index contributed by atoms with van der Waals surface area (Å²) >= 11 is 0. The fourth-order valence-electron chi connectivity index (χ4n) is 2.20. The van der Waals surface area contributed by atoms with E-state index in [4.69, 9.17) is 10.2 Å². The van der Waals surface area contributed by atoms with Crippen molar-refractivity contribution in [1.29, 1.82) is 0 Å². The predicted octanol–water partition coefficient (Wildman–Crippen LogP) is -1.90. The lowest BCUT2D eigenvalue weighted by atomic mass is 10.2. The maximum Gasteiger partial charge on any atom is 0.314 e. The monoisotopic (exact) mass is 374 g/mol. The van der Waals surface area contributed by atoms with Crippen LogP contribution in [0, 0.1) is 10.1 Å². The van der Waals surface area contributed by atoms with Gasteiger partial charge >= 0.3 is 11.1 Å². The van der Waals surface area contributed by atoms with Crippen LogP contribution in [0.5, 0.6) is 0 Å². The molecule has 0 spiro atoms. The summed E-state index contributed by atoms with van der Waals surface area (Å²) in [4.78, 5) is 36.5. The number of aliphatic hydroxyl groups is 2. The summed E-state index contributed by atoms with van der Waals surface area (Å²) in [5.41, 5.74) is -3.16. The third-order valence-corrected chi connectivity index (χ3v) is 5.24. The fraction of sp³-hybridized carbons (Fsp3) is 0.333. The van der Waals surface area contributed by atoms with Gasteiger partial charge in [0, 0.05) is 19.2 Å². The first kappa shape index (κ1) is 18.7. The van der Waals surface area contributed by atoms with Gasteiger partial charge in [0.25, 0.3) is 5.69 Å². The van der Waals surface area contributed by atoms with Crippen molar-refractivity contribution in [1.82, 2.24) is 14.3 Å². The van der Waals surface area contributed by atoms with E-state index in [1.54, 1.807) is 0 Å². The van der Waals surface area contributed by atoms with E-state index in [2.05, 4.69) is 9.97 Å². The first-order valence-electron chi connectivity index (χ1n) is 6.89. The number of fused-ring (bicyclic) bond motifs is 1. The second-order valence-electron chi connectivity index (χ2n) is 4.88. The van der Waals surface area contributed by atoms with E-state index in [1.807, 2.05) is 0 Å². The molecule has 0 saturated carbocycles. The topological polar surface area (TPSA) is 187 Å². The van der Waals surface area contributed by atoms with Crippen molar-refractivity contribution < 1.29 is 23.6 Å². The van der Waals surface area contributed by atoms with Crippen molar-refractivity contribution in [3.63, 3.8) is 0 Å². The molecule has 0 bridgehead atoms. The molecule has 13 heteroatoms. The van der Waals surface area contributed by atoms with Crippen LogP contribution in [-0.2, 0) is 10.0 Å². The van der Waals surface area contributed by atoms with Gasteiger partial charge < -0.3 is 20.2 Å². The van der Waals surface area contributed by atoms with E-state index in [1.165, 1.54) is 0 Å². The number of aliphatic hydroxyl groups excluding tert-OH is 2. The van der Waals surface area contributed by atoms with E-state index in [0.29, 0.717) is 4.31 Å². The summed E-state index contributed by atoms with van der Waals surface area (Å²) in [5, 5.41) is 29.2. The molecule has 0 aliphatic rings. The van der Waals surface area contributed by atoms with E-state index in [9.17, 15) is 28.1 Å². The number of hydrogen-bond donors (Lipinski definition) is 4. The van der Waals surface area contributed by atoms with Crippen LogP contribution in [0.4, 0.5) is 5.69 Å². The Kier molecular flexibility index (Phi) is 5.32. The van der Waals surface area contributed by atoms with Gasteiger partial charge in [-0.05, 0) is 6.07 Å². The number of nitro benzene ring substituents is 1. The van der Waals surface area contributed by atoms with Crippen molar-refractivity contribution in [3.8, 4) is 0 Å². The molecule has 0 amide bonds. The molecule has 0 aliphatic carbocycles. The molecule has 25 heavy (non-hydrogen) atoms. The summed E-state index contributed by atoms with van der Waals surface area (Å²) in [5.74, 6) is 0. The molecule has 12 nitrogen and oxygen atoms in total. The number of nitro groups is 1. The molecule has 0 fully saturated rings. The maximum atomic E-state index is 12.7. The van der Waals surface area contributed by atoms with Crippen LogP contribution in [0.3, 0.4) is 0 Å². The first-order valence-corrected chi connectivity index (χ1v) is 8.33. The van der Waals surface area contributed by atoms with Crippen molar-refractivity contribution in [3.05, 3.63) is 43.0 Å². The van der Waals surface area contributed by atoms with Crippen molar-refractivity contribution >= 4 is 26.7 Å². The molecule has 1 aromatic carbocycles. The molecular weight excluding hydrogens is 360 g/mol. The Balaban J connectivity index is 2.79. The lowest BCUT2D eigenvalue weighted by Crippen LogP contribution is -2.36. The van der Waals surface area contributed by atoms with Gasteiger partial charge in [0.05, 0.1) is 29.2 Å². The average molecular weight is 374 g/mol. The predicted molar refractivity (Wildman–Crippen MR) is 84.8 cm³/mol. The molecule has 1 heterocycles. The molecular formula is C12H14N4O8S. The molecule has 2 rings (SSSR count). The van der Waals surface area contributed by atoms with Gasteiger partial charge in [-0.1, -0.05) is 0 Å². The zero-order chi connectivity index (χ0) is 18.8. The summed E-state index contributed by atoms with van der Waals surface area (Å²) < 4.78 is 26.0. The Bertz CT molecular complexity index is 1020. The van der Waals surface area contributed by atoms with Crippen LogP contribution in [0.2, 0.25) is 0 Å². The molecule has 0 aliphatic heterocycles. The van der Waals surface area contributed by atoms with E-state index in [0.717, 1.165) is 12.1 Å². The molecule has 0 radical (unpaired) electrons. The van der Waals surface area contributed by atoms with E-state index in [-0.39, 0.29) is 24.1 Å². The molecule has 0 atom stereocenters. The largest absolute Gasteiger partial charge is 0.395 e. The van der Waals surface area contributed by atoms with Crippen LogP contribution in [0.15, 0.2) is 26.6 Å². The Morgan fingerprint density at radius 3 is 1.96 bits per heavy atom. The molecule has 0 saturated heterocycles. The van der Waals surface area contributed by atoms with Crippen LogP contribution in [-0.4, -0.2) is 64.1 Å². The Morgan fingerprint density at radius 1 is 1.04 bits per heavy atom. The highest BCUT2D eigenvalue weighted by Crippen LogP contribution is 2.29. The molecule has 136 valence electrons. The van der Waals surface area contributed by atoms with Gasteiger partial charge in [-0.25, -0.2) is 8.42 Å². The molecule has 2 aromatic rings. The summed E-state index contributed by atoms with van der Waals surface area (Å²) in [6.07, 6.45) is 0. The minimum Gasteiger partial charge on any atom is -0.395 e. The number of nitrogens with zero attached hydrogens (tertiary/aromatic N) is 2. The van der Waals surface area contributed by atoms with Crippen LogP contribution < -0.4 is 11.1 Å². The SMILES string of the molecule is O=c1[nH]c2cc([N+](=O)[O-])c(S(=O)(=O)N(CCO)CCO)cc2[nH]c1=O.